The lowest BCUT2D eigenvalue weighted by Crippen LogP contribution is -2.63. The molecule has 1 aromatic carbocycles. The molecule has 0 atom stereocenters. The molecule has 0 fully saturated rings. The van der Waals surface area contributed by atoms with Gasteiger partial charge >= 0.3 is 33.4 Å². The number of Topliss-reactive ketones (excluding diaryl/α,β-unsaturated/α-hetero) is 1. The number of hydrogen-bond donors (Lipinski definition) is 0. The average Bonchev–Trinajstić information content (AvgIpc) is 2.53. The zero-order chi connectivity index (χ0) is 21.3. The molecule has 0 saturated heterocycles. The van der Waals surface area contributed by atoms with Crippen molar-refractivity contribution in [2.45, 2.75) is 23.3 Å². The van der Waals surface area contributed by atoms with E-state index in [4.69, 9.17) is 0 Å². The van der Waals surface area contributed by atoms with Gasteiger partial charge in [0.1, 0.15) is 0 Å². The number of halogens is 9. The van der Waals surface area contributed by atoms with E-state index in [-0.39, 0.29) is 5.56 Å². The molecule has 154 valence electrons. The third-order valence-corrected chi connectivity index (χ3v) is 5.22. The first-order valence-corrected chi connectivity index (χ1v) is 8.65. The fourth-order valence-electron chi connectivity index (χ4n) is 1.41. The molecule has 1 aromatic rings. The highest BCUT2D eigenvalue weighted by Gasteiger charge is 2.85. The van der Waals surface area contributed by atoms with Crippen LogP contribution in [0, 0.1) is 0 Å². The lowest BCUT2D eigenvalue weighted by atomic mass is 10.1. The smallest absolute Gasteiger partial charge is 0.293 e. The summed E-state index contributed by atoms with van der Waals surface area (Å²) < 4.78 is 139. The van der Waals surface area contributed by atoms with E-state index in [9.17, 15) is 52.7 Å². The second-order valence-corrected chi connectivity index (χ2v) is 7.23. The van der Waals surface area contributed by atoms with Gasteiger partial charge in [0.05, 0.1) is 5.75 Å². The Hall–Kier alpha value is -1.48. The zero-order valence-corrected chi connectivity index (χ0v) is 14.1. The van der Waals surface area contributed by atoms with E-state index in [0.717, 1.165) is 0 Å². The summed E-state index contributed by atoms with van der Waals surface area (Å²) in [5, 5.41) is -6.96. The molecule has 4 nitrogen and oxygen atoms in total. The van der Waals surface area contributed by atoms with Crippen LogP contribution >= 0.6 is 12.0 Å². The lowest BCUT2D eigenvalue weighted by molar-refractivity contribution is -0.382. The zero-order valence-electron chi connectivity index (χ0n) is 12.4. The summed E-state index contributed by atoms with van der Waals surface area (Å²) in [6.45, 7) is 0. The highest BCUT2D eigenvalue weighted by Crippen LogP contribution is 2.55. The van der Waals surface area contributed by atoms with Crippen LogP contribution in [0.5, 0.6) is 0 Å². The Kier molecular flexibility index (Phi) is 6.55. The van der Waals surface area contributed by atoms with E-state index in [1.807, 2.05) is 0 Å². The van der Waals surface area contributed by atoms with Gasteiger partial charge in [0.25, 0.3) is 0 Å². The standard InChI is InChI=1S/C12H7F9O4S2/c13-9(14,11(17,18)19)10(15,16)12(20,21)27(23,24)25-26-6-8(22)7-4-2-1-3-5-7/h1-5H,6H2. The van der Waals surface area contributed by atoms with E-state index in [1.165, 1.54) is 30.3 Å². The molecule has 0 aromatic heterocycles. The van der Waals surface area contributed by atoms with Crippen LogP contribution in [-0.4, -0.2) is 43.2 Å². The molecule has 0 heterocycles. The van der Waals surface area contributed by atoms with Gasteiger partial charge in [0.15, 0.2) is 5.78 Å². The third kappa shape index (κ3) is 4.34. The Morgan fingerprint density at radius 3 is 1.81 bits per heavy atom. The monoisotopic (exact) mass is 450 g/mol. The summed E-state index contributed by atoms with van der Waals surface area (Å²) >= 11 is -0.653. The van der Waals surface area contributed by atoms with Crippen molar-refractivity contribution in [1.29, 1.82) is 0 Å². The number of benzene rings is 1. The second-order valence-electron chi connectivity index (χ2n) is 4.74. The van der Waals surface area contributed by atoms with Crippen molar-refractivity contribution in [2.75, 3.05) is 5.75 Å². The van der Waals surface area contributed by atoms with E-state index in [1.54, 1.807) is 0 Å². The number of ketones is 1. The minimum Gasteiger partial charge on any atom is -0.293 e. The molecule has 0 aliphatic carbocycles. The lowest BCUT2D eigenvalue weighted by Gasteiger charge is -2.32. The highest BCUT2D eigenvalue weighted by molar-refractivity contribution is 8.05. The van der Waals surface area contributed by atoms with Gasteiger partial charge in [-0.2, -0.15) is 51.6 Å². The largest absolute Gasteiger partial charge is 0.460 e. The summed E-state index contributed by atoms with van der Waals surface area (Å²) in [6, 6.07) is 6.63. The van der Waals surface area contributed by atoms with Crippen LogP contribution in [0.25, 0.3) is 0 Å². The quantitative estimate of drug-likeness (QED) is 0.336. The van der Waals surface area contributed by atoms with Crippen molar-refractivity contribution in [3.05, 3.63) is 35.9 Å². The van der Waals surface area contributed by atoms with Crippen molar-refractivity contribution in [3.8, 4) is 0 Å². The van der Waals surface area contributed by atoms with Crippen LogP contribution < -0.4 is 0 Å². The van der Waals surface area contributed by atoms with Gasteiger partial charge in [-0.15, -0.1) is 0 Å². The summed E-state index contributed by atoms with van der Waals surface area (Å²) in [7, 11) is -6.99. The first-order valence-electron chi connectivity index (χ1n) is 6.33. The maximum absolute atomic E-state index is 13.3. The SMILES string of the molecule is O=C(CSOS(=O)(=O)C(F)(F)C(F)(F)C(F)(F)C(F)(F)F)c1ccccc1. The van der Waals surface area contributed by atoms with Crippen LogP contribution in [0.2, 0.25) is 0 Å². The van der Waals surface area contributed by atoms with Crippen LogP contribution in [0.3, 0.4) is 0 Å². The van der Waals surface area contributed by atoms with Gasteiger partial charge < -0.3 is 0 Å². The topological polar surface area (TPSA) is 60.4 Å². The number of alkyl halides is 9. The fourth-order valence-corrected chi connectivity index (χ4v) is 3.17. The predicted octanol–water partition coefficient (Wildman–Crippen LogP) is 4.29. The van der Waals surface area contributed by atoms with Crippen molar-refractivity contribution in [1.82, 2.24) is 0 Å². The summed E-state index contributed by atoms with van der Waals surface area (Å²) in [4.78, 5) is 11.6. The minimum absolute atomic E-state index is 0.0632. The van der Waals surface area contributed by atoms with Crippen LogP contribution in [0.15, 0.2) is 30.3 Å². The molecule has 0 aliphatic rings. The first kappa shape index (κ1) is 23.6. The number of hydrogen-bond acceptors (Lipinski definition) is 5. The predicted molar refractivity (Wildman–Crippen MR) is 74.1 cm³/mol. The second kappa shape index (κ2) is 7.50. The molecular weight excluding hydrogens is 443 g/mol. The fraction of sp³-hybridized carbons (Fsp3) is 0.417. The molecule has 1 rings (SSSR count). The van der Waals surface area contributed by atoms with E-state index in [0.29, 0.717) is 0 Å². The van der Waals surface area contributed by atoms with Crippen LogP contribution in [-0.2, 0) is 13.7 Å². The molecule has 0 bridgehead atoms. The highest BCUT2D eigenvalue weighted by atomic mass is 32.3. The van der Waals surface area contributed by atoms with E-state index in [2.05, 4.69) is 3.63 Å². The Labute approximate surface area is 150 Å². The molecule has 0 radical (unpaired) electrons. The van der Waals surface area contributed by atoms with Crippen molar-refractivity contribution in [3.63, 3.8) is 0 Å². The van der Waals surface area contributed by atoms with E-state index < -0.39 is 57.0 Å². The molecule has 0 saturated carbocycles. The number of carbonyl (C=O) groups is 1. The van der Waals surface area contributed by atoms with Crippen LogP contribution in [0.4, 0.5) is 39.5 Å². The first-order chi connectivity index (χ1) is 12.0. The molecule has 0 spiro atoms. The maximum atomic E-state index is 13.3. The molecule has 27 heavy (non-hydrogen) atoms. The van der Waals surface area contributed by atoms with Gasteiger partial charge in [-0.1, -0.05) is 30.3 Å². The summed E-state index contributed by atoms with van der Waals surface area (Å²) in [5.41, 5.74) is -0.0632. The molecule has 0 amide bonds. The van der Waals surface area contributed by atoms with Gasteiger partial charge in [-0.3, -0.25) is 4.79 Å². The third-order valence-electron chi connectivity index (χ3n) is 2.85. The minimum atomic E-state index is -7.39. The number of rotatable bonds is 8. The van der Waals surface area contributed by atoms with Crippen molar-refractivity contribution >= 4 is 27.9 Å². The Morgan fingerprint density at radius 2 is 1.37 bits per heavy atom. The van der Waals surface area contributed by atoms with Crippen molar-refractivity contribution < 1.29 is 56.4 Å². The summed E-state index contributed by atoms with van der Waals surface area (Å²) in [6.07, 6.45) is -7.17. The Morgan fingerprint density at radius 1 is 0.889 bits per heavy atom. The van der Waals surface area contributed by atoms with E-state index >= 15 is 0 Å². The van der Waals surface area contributed by atoms with Gasteiger partial charge in [0.2, 0.25) is 0 Å². The van der Waals surface area contributed by atoms with Crippen LogP contribution in [0.1, 0.15) is 10.4 Å². The number of carbonyl (C=O) groups excluding carboxylic acids is 1. The molecular formula is C12H7F9O4S2. The molecule has 0 unspecified atom stereocenters. The van der Waals surface area contributed by atoms with Gasteiger partial charge in [-0.05, 0) is 0 Å². The van der Waals surface area contributed by atoms with Gasteiger partial charge in [0, 0.05) is 17.6 Å². The molecule has 0 N–H and O–H groups in total. The van der Waals surface area contributed by atoms with Crippen molar-refractivity contribution in [2.24, 2.45) is 0 Å². The molecule has 15 heteroatoms. The average molecular weight is 450 g/mol. The normalized spacial score (nSPS) is 14.3. The Bertz CT molecular complexity index is 776. The maximum Gasteiger partial charge on any atom is 0.460 e. The summed E-state index contributed by atoms with van der Waals surface area (Å²) in [5.74, 6) is -16.7. The molecule has 0 aliphatic heterocycles. The van der Waals surface area contributed by atoms with Gasteiger partial charge in [-0.25, -0.2) is 0 Å². The Balaban J connectivity index is 2.96.